The maximum absolute atomic E-state index is 11.9. The highest BCUT2D eigenvalue weighted by Crippen LogP contribution is 2.11. The quantitative estimate of drug-likeness (QED) is 0.574. The molecule has 0 saturated carbocycles. The summed E-state index contributed by atoms with van der Waals surface area (Å²) in [6.45, 7) is 8.25. The third kappa shape index (κ3) is 9.21. The fourth-order valence-corrected chi connectivity index (χ4v) is 2.66. The van der Waals surface area contributed by atoms with Gasteiger partial charge in [0.2, 0.25) is 11.8 Å². The summed E-state index contributed by atoms with van der Waals surface area (Å²) in [4.78, 5) is 26.1. The average Bonchev–Trinajstić information content (AvgIpc) is 2.65. The Balaban J connectivity index is 0.00000364. The number of nitrogens with one attached hydrogen (secondary N) is 2. The Morgan fingerprint density at radius 1 is 1.14 bits per heavy atom. The van der Waals surface area contributed by atoms with Gasteiger partial charge in [-0.1, -0.05) is 26.0 Å². The van der Waals surface area contributed by atoms with Crippen LogP contribution in [0.4, 0.5) is 5.69 Å². The molecule has 4 N–H and O–H groups in total. The minimum Gasteiger partial charge on any atom is -0.379 e. The van der Waals surface area contributed by atoms with Crippen LogP contribution in [0, 0.1) is 5.92 Å². The number of benzene rings is 1. The predicted octanol–water partition coefficient (Wildman–Crippen LogP) is 1.44. The maximum atomic E-state index is 11.9. The second-order valence-electron chi connectivity index (χ2n) is 6.94. The van der Waals surface area contributed by atoms with E-state index in [1.807, 2.05) is 38.1 Å². The van der Waals surface area contributed by atoms with Crippen molar-refractivity contribution in [1.29, 1.82) is 0 Å². The van der Waals surface area contributed by atoms with Crippen LogP contribution in [0.5, 0.6) is 0 Å². The first-order valence-corrected chi connectivity index (χ1v) is 9.18. The molecule has 1 fully saturated rings. The zero-order chi connectivity index (χ0) is 18.9. The van der Waals surface area contributed by atoms with Gasteiger partial charge in [0.05, 0.1) is 25.8 Å². The Morgan fingerprint density at radius 2 is 1.75 bits per heavy atom. The molecule has 7 nitrogen and oxygen atoms in total. The topological polar surface area (TPSA) is 96.7 Å². The second-order valence-corrected chi connectivity index (χ2v) is 6.94. The van der Waals surface area contributed by atoms with Crippen LogP contribution in [0.3, 0.4) is 0 Å². The first-order valence-electron chi connectivity index (χ1n) is 9.18. The van der Waals surface area contributed by atoms with Crippen molar-refractivity contribution < 1.29 is 14.3 Å². The summed E-state index contributed by atoms with van der Waals surface area (Å²) in [5, 5.41) is 5.34. The van der Waals surface area contributed by atoms with E-state index in [1.54, 1.807) is 0 Å². The fourth-order valence-electron chi connectivity index (χ4n) is 2.66. The van der Waals surface area contributed by atoms with Gasteiger partial charge in [-0.05, 0) is 30.0 Å². The molecule has 0 unspecified atom stereocenters. The number of carbonyl (C=O) groups is 2. The number of hydrogen-bond acceptors (Lipinski definition) is 5. The summed E-state index contributed by atoms with van der Waals surface area (Å²) < 4.78 is 5.35. The van der Waals surface area contributed by atoms with Gasteiger partial charge in [0, 0.05) is 25.3 Å². The predicted molar refractivity (Wildman–Crippen MR) is 116 cm³/mol. The molecule has 2 rings (SSSR count). The van der Waals surface area contributed by atoms with Gasteiger partial charge in [0.15, 0.2) is 0 Å². The van der Waals surface area contributed by atoms with Crippen LogP contribution in [-0.4, -0.2) is 62.1 Å². The van der Waals surface area contributed by atoms with E-state index in [0.717, 1.165) is 39.3 Å². The van der Waals surface area contributed by atoms with E-state index in [2.05, 4.69) is 15.5 Å². The van der Waals surface area contributed by atoms with Crippen molar-refractivity contribution in [1.82, 2.24) is 10.2 Å². The lowest BCUT2D eigenvalue weighted by Crippen LogP contribution is -2.46. The number of ether oxygens (including phenoxy) is 1. The molecule has 0 aromatic heterocycles. The zero-order valence-electron chi connectivity index (χ0n) is 16.5. The van der Waals surface area contributed by atoms with E-state index in [9.17, 15) is 9.59 Å². The lowest BCUT2D eigenvalue weighted by atomic mass is 10.1. The van der Waals surface area contributed by atoms with Crippen LogP contribution < -0.4 is 16.4 Å². The molecule has 9 heteroatoms. The summed E-state index contributed by atoms with van der Waals surface area (Å²) in [6.07, 6.45) is 0.970. The summed E-state index contributed by atoms with van der Waals surface area (Å²) in [6, 6.07) is 7.20. The number of anilines is 1. The van der Waals surface area contributed by atoms with Gasteiger partial charge >= 0.3 is 0 Å². The minimum absolute atomic E-state index is 0. The highest BCUT2D eigenvalue weighted by Gasteiger charge is 2.17. The lowest BCUT2D eigenvalue weighted by Gasteiger charge is -2.26. The summed E-state index contributed by atoms with van der Waals surface area (Å²) in [5.74, 6) is -0.549. The second kappa shape index (κ2) is 13.7. The van der Waals surface area contributed by atoms with Crippen molar-refractivity contribution in [2.24, 2.45) is 11.7 Å². The van der Waals surface area contributed by atoms with Crippen LogP contribution in [0.2, 0.25) is 0 Å². The highest BCUT2D eigenvalue weighted by molar-refractivity contribution is 5.95. The van der Waals surface area contributed by atoms with Crippen LogP contribution in [0.1, 0.15) is 19.4 Å². The van der Waals surface area contributed by atoms with Crippen LogP contribution in [0.25, 0.3) is 0 Å². The van der Waals surface area contributed by atoms with Crippen LogP contribution >= 0.6 is 24.8 Å². The number of carbonyl (C=O) groups excluding carboxylic acids is 2. The Kier molecular flexibility index (Phi) is 13.1. The number of morpholine rings is 1. The molecule has 0 bridgehead atoms. The molecule has 1 aliphatic rings. The van der Waals surface area contributed by atoms with E-state index in [1.165, 1.54) is 5.56 Å². The van der Waals surface area contributed by atoms with E-state index in [4.69, 9.17) is 10.5 Å². The van der Waals surface area contributed by atoms with E-state index in [0.29, 0.717) is 5.69 Å². The average molecular weight is 435 g/mol. The van der Waals surface area contributed by atoms with Crippen LogP contribution in [-0.2, 0) is 20.7 Å². The van der Waals surface area contributed by atoms with Crippen molar-refractivity contribution in [2.45, 2.75) is 26.3 Å². The standard InChI is InChI=1S/C19H30N4O3.2ClH/c1-14(2)18(20)19(25)21-13-17(24)22-16-5-3-15(4-6-16)7-8-23-9-11-26-12-10-23;;/h3-6,14,18H,7-13,20H2,1-2H3,(H,21,25)(H,22,24);2*1H/t18-;;/m0../s1. The van der Waals surface area contributed by atoms with Crippen LogP contribution in [0.15, 0.2) is 24.3 Å². The van der Waals surface area contributed by atoms with Gasteiger partial charge in [0.1, 0.15) is 0 Å². The van der Waals surface area contributed by atoms with Gasteiger partial charge < -0.3 is 21.1 Å². The Labute approximate surface area is 179 Å². The molecule has 1 saturated heterocycles. The minimum atomic E-state index is -0.603. The molecule has 0 radical (unpaired) electrons. The van der Waals surface area contributed by atoms with Gasteiger partial charge in [-0.25, -0.2) is 0 Å². The van der Waals surface area contributed by atoms with Gasteiger partial charge in [0.25, 0.3) is 0 Å². The van der Waals surface area contributed by atoms with Gasteiger partial charge in [-0.15, -0.1) is 24.8 Å². The summed E-state index contributed by atoms with van der Waals surface area (Å²) >= 11 is 0. The zero-order valence-corrected chi connectivity index (χ0v) is 18.1. The van der Waals surface area contributed by atoms with Crippen molar-refractivity contribution in [2.75, 3.05) is 44.7 Å². The Hall–Kier alpha value is -1.38. The molecule has 1 aromatic rings. The number of halogens is 2. The first kappa shape index (κ1) is 26.6. The summed E-state index contributed by atoms with van der Waals surface area (Å²) in [5.41, 5.74) is 7.69. The van der Waals surface area contributed by atoms with Crippen molar-refractivity contribution in [3.05, 3.63) is 29.8 Å². The molecule has 1 atom stereocenters. The molecule has 28 heavy (non-hydrogen) atoms. The first-order chi connectivity index (χ1) is 12.5. The molecule has 1 aromatic carbocycles. The number of rotatable bonds is 8. The molecule has 2 amide bonds. The van der Waals surface area contributed by atoms with Gasteiger partial charge in [-0.2, -0.15) is 0 Å². The monoisotopic (exact) mass is 434 g/mol. The largest absolute Gasteiger partial charge is 0.379 e. The van der Waals surface area contributed by atoms with Crippen molar-refractivity contribution in [3.63, 3.8) is 0 Å². The fraction of sp³-hybridized carbons (Fsp3) is 0.579. The SMILES string of the molecule is CC(C)[C@H](N)C(=O)NCC(=O)Nc1ccc(CCN2CCOCC2)cc1.Cl.Cl. The molecular formula is C19H32Cl2N4O3. The Morgan fingerprint density at radius 3 is 2.32 bits per heavy atom. The molecular weight excluding hydrogens is 403 g/mol. The third-order valence-electron chi connectivity index (χ3n) is 4.50. The normalized spacial score (nSPS) is 15.1. The highest BCUT2D eigenvalue weighted by atomic mass is 35.5. The van der Waals surface area contributed by atoms with E-state index >= 15 is 0 Å². The number of amides is 2. The smallest absolute Gasteiger partial charge is 0.243 e. The lowest BCUT2D eigenvalue weighted by molar-refractivity contribution is -0.125. The van der Waals surface area contributed by atoms with Crippen molar-refractivity contribution >= 4 is 42.3 Å². The molecule has 160 valence electrons. The van der Waals surface area contributed by atoms with E-state index in [-0.39, 0.29) is 49.1 Å². The number of hydrogen-bond donors (Lipinski definition) is 3. The van der Waals surface area contributed by atoms with Gasteiger partial charge in [-0.3, -0.25) is 14.5 Å². The van der Waals surface area contributed by atoms with Crippen molar-refractivity contribution in [3.8, 4) is 0 Å². The molecule has 0 aliphatic carbocycles. The third-order valence-corrected chi connectivity index (χ3v) is 4.50. The number of nitrogens with zero attached hydrogens (tertiary/aromatic N) is 1. The van der Waals surface area contributed by atoms with E-state index < -0.39 is 6.04 Å². The molecule has 1 heterocycles. The maximum Gasteiger partial charge on any atom is 0.243 e. The molecule has 1 aliphatic heterocycles. The molecule has 0 spiro atoms. The summed E-state index contributed by atoms with van der Waals surface area (Å²) in [7, 11) is 0. The Bertz CT molecular complexity index is 593. The number of nitrogens with two attached hydrogens (primary N) is 1.